The van der Waals surface area contributed by atoms with E-state index in [1.807, 2.05) is 0 Å². The molecule has 0 aliphatic heterocycles. The average molecular weight is 799 g/mol. The van der Waals surface area contributed by atoms with E-state index in [1.165, 1.54) is 12.1 Å². The van der Waals surface area contributed by atoms with Crippen molar-refractivity contribution in [2.45, 2.75) is 9.79 Å². The van der Waals surface area contributed by atoms with Crippen LogP contribution in [0, 0.1) is 30.3 Å². The number of nitrogens with two attached hydrogens (primary N) is 1. The predicted molar refractivity (Wildman–Crippen MR) is 182 cm³/mol. The van der Waals surface area contributed by atoms with Crippen molar-refractivity contribution < 1.29 is 55.5 Å². The van der Waals surface area contributed by atoms with Crippen molar-refractivity contribution in [2.75, 3.05) is 5.73 Å². The van der Waals surface area contributed by atoms with E-state index in [2.05, 4.69) is 39.6 Å². The highest BCUT2D eigenvalue weighted by atomic mass is 32.2. The highest BCUT2D eigenvalue weighted by Crippen LogP contribution is 2.42. The van der Waals surface area contributed by atoms with Gasteiger partial charge in [0.15, 0.2) is 0 Å². The summed E-state index contributed by atoms with van der Waals surface area (Å²) in [6, 6.07) is 12.0. The second kappa shape index (κ2) is 15.0. The molecular formula is C28H18N10O15S2. The number of benzene rings is 5. The molecule has 0 bridgehead atoms. The van der Waals surface area contributed by atoms with Crippen molar-refractivity contribution in [2.24, 2.45) is 31.0 Å². The first kappa shape index (κ1) is 38.3. The van der Waals surface area contributed by atoms with Gasteiger partial charge in [-0.25, -0.2) is 8.57 Å². The van der Waals surface area contributed by atoms with Gasteiger partial charge in [0.05, 0.1) is 43.3 Å². The van der Waals surface area contributed by atoms with E-state index < -0.39 is 79.0 Å². The number of nitro benzene ring substituents is 3. The number of nitro groups is 3. The third-order valence-electron chi connectivity index (χ3n) is 6.90. The number of phenolic OH excluding ortho intramolecular Hbond substituents is 3. The number of nitrogens with zero attached hydrogens (tertiary/aromatic N) is 9. The molecular weight excluding hydrogens is 780 g/mol. The molecule has 0 fully saturated rings. The number of nitrogen functional groups attached to an aromatic ring is 1. The van der Waals surface area contributed by atoms with Crippen LogP contribution in [0.15, 0.2) is 120 Å². The fourth-order valence-electron chi connectivity index (χ4n) is 4.37. The number of hydrogen-bond acceptors (Lipinski definition) is 22. The maximum atomic E-state index is 13.2. The van der Waals surface area contributed by atoms with Crippen molar-refractivity contribution in [3.8, 4) is 17.2 Å². The fraction of sp³-hybridized carbons (Fsp3) is 0. The molecule has 0 aliphatic carbocycles. The molecule has 0 heterocycles. The number of non-ortho nitro benzene ring substituents is 2. The molecule has 0 unspecified atom stereocenters. The van der Waals surface area contributed by atoms with E-state index >= 15 is 0 Å². The predicted octanol–water partition coefficient (Wildman–Crippen LogP) is 6.49. The van der Waals surface area contributed by atoms with Gasteiger partial charge in [0.25, 0.3) is 11.4 Å². The normalized spacial score (nSPS) is 12.1. The minimum atomic E-state index is -5.11. The summed E-state index contributed by atoms with van der Waals surface area (Å²) < 4.78 is 61.6. The Hall–Kier alpha value is -7.94. The third kappa shape index (κ3) is 8.58. The summed E-state index contributed by atoms with van der Waals surface area (Å²) in [5.74, 6) is -2.28. The van der Waals surface area contributed by atoms with Gasteiger partial charge in [0.2, 0.25) is 5.75 Å². The Morgan fingerprint density at radius 3 is 1.76 bits per heavy atom. The zero-order valence-electron chi connectivity index (χ0n) is 26.7. The first-order chi connectivity index (χ1) is 25.9. The lowest BCUT2D eigenvalue weighted by Crippen LogP contribution is -2.04. The summed E-state index contributed by atoms with van der Waals surface area (Å²) in [5, 5.41) is 83.9. The molecule has 0 spiro atoms. The number of fused-ring (bicyclic) bond motifs is 1. The Kier molecular flexibility index (Phi) is 10.4. The molecule has 0 aromatic heterocycles. The smallest absolute Gasteiger partial charge is 0.360 e. The van der Waals surface area contributed by atoms with Gasteiger partial charge in [-0.2, -0.15) is 16.8 Å². The number of anilines is 1. The fourth-order valence-corrected chi connectivity index (χ4v) is 5.84. The molecule has 5 aromatic carbocycles. The van der Waals surface area contributed by atoms with Crippen molar-refractivity contribution in [1.82, 2.24) is 0 Å². The van der Waals surface area contributed by atoms with Crippen LogP contribution in [-0.2, 0) is 28.8 Å². The molecule has 0 amide bonds. The van der Waals surface area contributed by atoms with Gasteiger partial charge in [0.1, 0.15) is 32.7 Å². The Morgan fingerprint density at radius 1 is 0.600 bits per heavy atom. The van der Waals surface area contributed by atoms with Crippen LogP contribution in [-0.4, -0.2) is 46.9 Å². The summed E-state index contributed by atoms with van der Waals surface area (Å²) in [4.78, 5) is 28.7. The van der Waals surface area contributed by atoms with Gasteiger partial charge in [-0.05, 0) is 47.9 Å². The highest BCUT2D eigenvalue weighted by Gasteiger charge is 2.26. The first-order valence-electron chi connectivity index (χ1n) is 14.3. The molecule has 5 aromatic rings. The SMILES string of the molecule is Nc1cc(O)ccc1N=Nc1cc(S(=O)(=O)ON=Nc2ccc([N+](=O)[O-])cc2)cc2cc(S(=O)(=O)ON=Nc3cc([N+](=O)[O-])cc([N+](=O)[O-])c3O)cc(O)c12. The Labute approximate surface area is 304 Å². The zero-order chi connectivity index (χ0) is 40.2. The summed E-state index contributed by atoms with van der Waals surface area (Å²) >= 11 is 0. The maximum absolute atomic E-state index is 13.2. The lowest BCUT2D eigenvalue weighted by atomic mass is 10.1. The molecule has 0 saturated heterocycles. The van der Waals surface area contributed by atoms with Crippen molar-refractivity contribution in [1.29, 1.82) is 0 Å². The summed E-state index contributed by atoms with van der Waals surface area (Å²) in [7, 11) is -10.0. The molecule has 0 saturated carbocycles. The summed E-state index contributed by atoms with van der Waals surface area (Å²) in [6.45, 7) is 0. The molecule has 5 rings (SSSR count). The van der Waals surface area contributed by atoms with Crippen LogP contribution in [0.25, 0.3) is 10.8 Å². The minimum Gasteiger partial charge on any atom is -0.508 e. The van der Waals surface area contributed by atoms with Crippen LogP contribution in [0.4, 0.5) is 45.5 Å². The van der Waals surface area contributed by atoms with Crippen LogP contribution in [0.1, 0.15) is 0 Å². The van der Waals surface area contributed by atoms with E-state index in [9.17, 15) is 62.5 Å². The second-order valence-electron chi connectivity index (χ2n) is 10.5. The van der Waals surface area contributed by atoms with Gasteiger partial charge < -0.3 is 21.1 Å². The van der Waals surface area contributed by atoms with Gasteiger partial charge in [-0.15, -0.1) is 20.5 Å². The van der Waals surface area contributed by atoms with E-state index in [-0.39, 0.29) is 39.3 Å². The van der Waals surface area contributed by atoms with E-state index in [0.717, 1.165) is 48.5 Å². The Balaban J connectivity index is 1.55. The minimum absolute atomic E-state index is 0.0232. The van der Waals surface area contributed by atoms with Crippen molar-refractivity contribution >= 4 is 76.5 Å². The van der Waals surface area contributed by atoms with Gasteiger partial charge in [0, 0.05) is 40.9 Å². The lowest BCUT2D eigenvalue weighted by Gasteiger charge is -2.10. The maximum Gasteiger partial charge on any atom is 0.360 e. The summed E-state index contributed by atoms with van der Waals surface area (Å²) in [5.41, 5.74) is 2.01. The van der Waals surface area contributed by atoms with Crippen LogP contribution in [0.5, 0.6) is 17.2 Å². The van der Waals surface area contributed by atoms with Crippen LogP contribution >= 0.6 is 0 Å². The van der Waals surface area contributed by atoms with Crippen LogP contribution in [0.2, 0.25) is 0 Å². The van der Waals surface area contributed by atoms with E-state index in [4.69, 9.17) is 5.73 Å². The third-order valence-corrected chi connectivity index (χ3v) is 9.05. The topological polar surface area (TPSA) is 377 Å². The van der Waals surface area contributed by atoms with Gasteiger partial charge in [-0.1, -0.05) is 0 Å². The highest BCUT2D eigenvalue weighted by molar-refractivity contribution is 7.87. The molecule has 0 aliphatic rings. The van der Waals surface area contributed by atoms with Gasteiger partial charge >= 0.3 is 25.9 Å². The largest absolute Gasteiger partial charge is 0.508 e. The standard InChI is InChI=1S/C28H18N10O15S2/c29-21-11-18(39)5-6-22(21)31-32-23-12-19(54(48,49)52-34-30-15-1-3-16(4-2-15)36(42)43)7-14-8-20(13-26(40)27(14)23)55(50,51)53-35-33-24-9-17(37(44)45)10-25(28(24)41)38(46)47/h1-13,39-41H,29H2. The number of hydrogen-bond donors (Lipinski definition) is 4. The number of rotatable bonds is 13. The van der Waals surface area contributed by atoms with Crippen LogP contribution < -0.4 is 5.73 Å². The quantitative estimate of drug-likeness (QED) is 0.0428. The Morgan fingerprint density at radius 2 is 1.18 bits per heavy atom. The summed E-state index contributed by atoms with van der Waals surface area (Å²) in [6.07, 6.45) is 0. The average Bonchev–Trinajstić information content (AvgIpc) is 3.11. The zero-order valence-corrected chi connectivity index (χ0v) is 28.3. The molecule has 55 heavy (non-hydrogen) atoms. The lowest BCUT2D eigenvalue weighted by molar-refractivity contribution is -0.394. The number of phenols is 3. The van der Waals surface area contributed by atoms with Crippen LogP contribution in [0.3, 0.4) is 0 Å². The van der Waals surface area contributed by atoms with E-state index in [0.29, 0.717) is 18.2 Å². The molecule has 27 heteroatoms. The van der Waals surface area contributed by atoms with Crippen molar-refractivity contribution in [3.05, 3.63) is 109 Å². The molecule has 0 atom stereocenters. The second-order valence-corrected chi connectivity index (χ2v) is 13.5. The first-order valence-corrected chi connectivity index (χ1v) is 17.1. The number of aromatic hydroxyl groups is 3. The monoisotopic (exact) mass is 798 g/mol. The Bertz CT molecular complexity index is 2720. The van der Waals surface area contributed by atoms with E-state index in [1.54, 1.807) is 0 Å². The molecule has 5 N–H and O–H groups in total. The molecule has 25 nitrogen and oxygen atoms in total. The van der Waals surface area contributed by atoms with Crippen molar-refractivity contribution in [3.63, 3.8) is 0 Å². The molecule has 0 radical (unpaired) electrons. The number of azo groups is 1. The van der Waals surface area contributed by atoms with Gasteiger partial charge in [-0.3, -0.25) is 30.3 Å². The molecule has 282 valence electrons.